The van der Waals surface area contributed by atoms with Gasteiger partial charge in [-0.15, -0.1) is 0 Å². The molecule has 0 saturated heterocycles. The van der Waals surface area contributed by atoms with Crippen LogP contribution in [0.3, 0.4) is 0 Å². The Morgan fingerprint density at radius 2 is 1.75 bits per heavy atom. The lowest BCUT2D eigenvalue weighted by atomic mass is 10.1. The van der Waals surface area contributed by atoms with Gasteiger partial charge in [-0.2, -0.15) is 0 Å². The molecule has 2 rings (SSSR count). The number of nitrogens with zero attached hydrogens (tertiary/aromatic N) is 1. The molecule has 6 heteroatoms. The first-order valence-corrected chi connectivity index (χ1v) is 8.28. The minimum atomic E-state index is -0.374. The van der Waals surface area contributed by atoms with E-state index >= 15 is 0 Å². The Kier molecular flexibility index (Phi) is 6.09. The van der Waals surface area contributed by atoms with Crippen molar-refractivity contribution in [3.8, 4) is 0 Å². The quantitative estimate of drug-likeness (QED) is 0.833. The standard InChI is InChI=1S/C18H18BrFN2O2/c1-12(2)22(18(24)15-5-3-4-6-16(15)19)11-17(23)21-14-9-7-13(20)8-10-14/h3-10,12H,11H2,1-2H3,(H,21,23). The summed E-state index contributed by atoms with van der Waals surface area (Å²) in [6.07, 6.45) is 0. The van der Waals surface area contributed by atoms with Gasteiger partial charge in [0.05, 0.1) is 5.56 Å². The first-order valence-electron chi connectivity index (χ1n) is 7.49. The van der Waals surface area contributed by atoms with E-state index in [2.05, 4.69) is 21.2 Å². The third-order valence-electron chi connectivity index (χ3n) is 3.43. The van der Waals surface area contributed by atoms with Crippen LogP contribution in [0.1, 0.15) is 24.2 Å². The van der Waals surface area contributed by atoms with Crippen LogP contribution in [-0.4, -0.2) is 29.3 Å². The third kappa shape index (κ3) is 4.64. The molecule has 0 bridgehead atoms. The maximum Gasteiger partial charge on any atom is 0.255 e. The fourth-order valence-electron chi connectivity index (χ4n) is 2.17. The van der Waals surface area contributed by atoms with E-state index < -0.39 is 0 Å². The maximum atomic E-state index is 12.9. The van der Waals surface area contributed by atoms with E-state index in [-0.39, 0.29) is 30.2 Å². The highest BCUT2D eigenvalue weighted by Crippen LogP contribution is 2.19. The molecule has 0 spiro atoms. The van der Waals surface area contributed by atoms with Crippen molar-refractivity contribution in [3.63, 3.8) is 0 Å². The molecule has 0 heterocycles. The summed E-state index contributed by atoms with van der Waals surface area (Å²) in [5.41, 5.74) is 0.985. The number of anilines is 1. The van der Waals surface area contributed by atoms with Crippen LogP contribution in [0.5, 0.6) is 0 Å². The minimum Gasteiger partial charge on any atom is -0.327 e. The van der Waals surface area contributed by atoms with Crippen molar-refractivity contribution in [1.82, 2.24) is 4.90 Å². The number of rotatable bonds is 5. The summed E-state index contributed by atoms with van der Waals surface area (Å²) in [6.45, 7) is 3.61. The van der Waals surface area contributed by atoms with Gasteiger partial charge in [0.2, 0.25) is 5.91 Å². The molecule has 0 unspecified atom stereocenters. The smallest absolute Gasteiger partial charge is 0.255 e. The molecule has 4 nitrogen and oxygen atoms in total. The van der Waals surface area contributed by atoms with Crippen molar-refractivity contribution in [3.05, 3.63) is 64.4 Å². The van der Waals surface area contributed by atoms with E-state index in [0.29, 0.717) is 15.7 Å². The number of carbonyl (C=O) groups is 2. The van der Waals surface area contributed by atoms with Gasteiger partial charge in [0, 0.05) is 16.2 Å². The molecule has 0 fully saturated rings. The van der Waals surface area contributed by atoms with Crippen LogP contribution in [0.4, 0.5) is 10.1 Å². The molecule has 0 radical (unpaired) electrons. The second kappa shape index (κ2) is 8.06. The molecule has 24 heavy (non-hydrogen) atoms. The number of amides is 2. The average molecular weight is 393 g/mol. The summed E-state index contributed by atoms with van der Waals surface area (Å²) in [4.78, 5) is 26.4. The van der Waals surface area contributed by atoms with Crippen molar-refractivity contribution < 1.29 is 14.0 Å². The number of nitrogens with one attached hydrogen (secondary N) is 1. The van der Waals surface area contributed by atoms with E-state index in [0.717, 1.165) is 0 Å². The van der Waals surface area contributed by atoms with E-state index in [9.17, 15) is 14.0 Å². The maximum absolute atomic E-state index is 12.9. The molecule has 0 aliphatic heterocycles. The lowest BCUT2D eigenvalue weighted by Crippen LogP contribution is -2.42. The van der Waals surface area contributed by atoms with Crippen molar-refractivity contribution >= 4 is 33.4 Å². The minimum absolute atomic E-state index is 0.0881. The number of benzene rings is 2. The molecule has 126 valence electrons. The topological polar surface area (TPSA) is 49.4 Å². The largest absolute Gasteiger partial charge is 0.327 e. The predicted octanol–water partition coefficient (Wildman–Crippen LogP) is 4.08. The van der Waals surface area contributed by atoms with Gasteiger partial charge in [0.1, 0.15) is 12.4 Å². The van der Waals surface area contributed by atoms with Gasteiger partial charge in [-0.05, 0) is 66.2 Å². The molecule has 0 saturated carbocycles. The average Bonchev–Trinajstić information content (AvgIpc) is 2.54. The highest BCUT2D eigenvalue weighted by atomic mass is 79.9. The lowest BCUT2D eigenvalue weighted by molar-refractivity contribution is -0.117. The summed E-state index contributed by atoms with van der Waals surface area (Å²) in [6, 6.07) is 12.4. The fourth-order valence-corrected chi connectivity index (χ4v) is 2.62. The van der Waals surface area contributed by atoms with Gasteiger partial charge in [-0.3, -0.25) is 9.59 Å². The zero-order chi connectivity index (χ0) is 17.7. The molecule has 1 N–H and O–H groups in total. The molecule has 2 aromatic rings. The van der Waals surface area contributed by atoms with Crippen molar-refractivity contribution in [2.45, 2.75) is 19.9 Å². The zero-order valence-corrected chi connectivity index (χ0v) is 15.0. The normalized spacial score (nSPS) is 10.5. The van der Waals surface area contributed by atoms with Gasteiger partial charge in [0.15, 0.2) is 0 Å². The van der Waals surface area contributed by atoms with Gasteiger partial charge in [-0.1, -0.05) is 12.1 Å². The van der Waals surface area contributed by atoms with Crippen molar-refractivity contribution in [2.75, 3.05) is 11.9 Å². The number of carbonyl (C=O) groups excluding carboxylic acids is 2. The Balaban J connectivity index is 2.10. The number of hydrogen-bond acceptors (Lipinski definition) is 2. The molecule has 0 aromatic heterocycles. The fraction of sp³-hybridized carbons (Fsp3) is 0.222. The first kappa shape index (κ1) is 18.1. The van der Waals surface area contributed by atoms with Crippen LogP contribution in [0.25, 0.3) is 0 Å². The second-order valence-electron chi connectivity index (χ2n) is 5.56. The van der Waals surface area contributed by atoms with E-state index in [4.69, 9.17) is 0 Å². The van der Waals surface area contributed by atoms with Crippen LogP contribution in [0.2, 0.25) is 0 Å². The van der Waals surface area contributed by atoms with E-state index in [1.807, 2.05) is 19.9 Å². The van der Waals surface area contributed by atoms with Crippen molar-refractivity contribution in [2.24, 2.45) is 0 Å². The Morgan fingerprint density at radius 3 is 2.33 bits per heavy atom. The van der Waals surface area contributed by atoms with Gasteiger partial charge < -0.3 is 10.2 Å². The molecule has 2 aromatic carbocycles. The summed E-state index contributed by atoms with van der Waals surface area (Å²) in [7, 11) is 0. The summed E-state index contributed by atoms with van der Waals surface area (Å²) >= 11 is 3.36. The van der Waals surface area contributed by atoms with Crippen LogP contribution in [0.15, 0.2) is 53.0 Å². The monoisotopic (exact) mass is 392 g/mol. The van der Waals surface area contributed by atoms with Crippen LogP contribution in [-0.2, 0) is 4.79 Å². The van der Waals surface area contributed by atoms with Gasteiger partial charge in [-0.25, -0.2) is 4.39 Å². The van der Waals surface area contributed by atoms with Crippen LogP contribution < -0.4 is 5.32 Å². The first-order chi connectivity index (χ1) is 11.4. The Bertz CT molecular complexity index is 732. The van der Waals surface area contributed by atoms with Crippen LogP contribution >= 0.6 is 15.9 Å². The van der Waals surface area contributed by atoms with Crippen LogP contribution in [0, 0.1) is 5.82 Å². The number of hydrogen-bond donors (Lipinski definition) is 1. The third-order valence-corrected chi connectivity index (χ3v) is 4.12. The van der Waals surface area contributed by atoms with E-state index in [1.54, 1.807) is 18.2 Å². The molecule has 0 aliphatic rings. The number of halogens is 2. The molecular weight excluding hydrogens is 375 g/mol. The summed E-state index contributed by atoms with van der Waals surface area (Å²) in [5, 5.41) is 2.66. The predicted molar refractivity (Wildman–Crippen MR) is 95.3 cm³/mol. The second-order valence-corrected chi connectivity index (χ2v) is 6.42. The lowest BCUT2D eigenvalue weighted by Gasteiger charge is -2.26. The Morgan fingerprint density at radius 1 is 1.12 bits per heavy atom. The molecule has 2 amide bonds. The highest BCUT2D eigenvalue weighted by Gasteiger charge is 2.23. The Labute approximate surface area is 148 Å². The molecule has 0 aliphatic carbocycles. The summed E-state index contributed by atoms with van der Waals surface area (Å²) in [5.74, 6) is -0.941. The SMILES string of the molecule is CC(C)N(CC(=O)Nc1ccc(F)cc1)C(=O)c1ccccc1Br. The summed E-state index contributed by atoms with van der Waals surface area (Å²) < 4.78 is 13.6. The highest BCUT2D eigenvalue weighted by molar-refractivity contribution is 9.10. The molecular formula is C18H18BrFN2O2. The van der Waals surface area contributed by atoms with Gasteiger partial charge in [0.25, 0.3) is 5.91 Å². The van der Waals surface area contributed by atoms with E-state index in [1.165, 1.54) is 29.2 Å². The molecule has 0 atom stereocenters. The zero-order valence-electron chi connectivity index (χ0n) is 13.4. The Hall–Kier alpha value is -2.21. The van der Waals surface area contributed by atoms with Gasteiger partial charge >= 0.3 is 0 Å². The van der Waals surface area contributed by atoms with Crippen molar-refractivity contribution in [1.29, 1.82) is 0 Å².